The van der Waals surface area contributed by atoms with E-state index in [4.69, 9.17) is 4.42 Å². The van der Waals surface area contributed by atoms with E-state index in [1.807, 2.05) is 18.9 Å². The Kier molecular flexibility index (Phi) is 5.20. The van der Waals surface area contributed by atoms with E-state index >= 15 is 0 Å². The standard InChI is InChI=1S/C13H23N3O3S/c1-3-16(2)9-8-15-20(17,18)13-7-6-12(19-13)10-14-11-4-5-11/h6-7,11,14-15H,3-5,8-10H2,1-2H3. The lowest BCUT2D eigenvalue weighted by atomic mass is 10.4. The third-order valence-electron chi connectivity index (χ3n) is 3.37. The summed E-state index contributed by atoms with van der Waals surface area (Å²) in [6.07, 6.45) is 2.39. The molecule has 0 bridgehead atoms. The van der Waals surface area contributed by atoms with Gasteiger partial charge < -0.3 is 14.6 Å². The van der Waals surface area contributed by atoms with Crippen molar-refractivity contribution in [1.82, 2.24) is 14.9 Å². The lowest BCUT2D eigenvalue weighted by molar-refractivity contribution is 0.355. The minimum atomic E-state index is -3.54. The molecule has 1 aromatic rings. The normalized spacial score (nSPS) is 15.9. The van der Waals surface area contributed by atoms with Gasteiger partial charge in [0.1, 0.15) is 5.76 Å². The average Bonchev–Trinajstić information content (AvgIpc) is 3.12. The molecule has 20 heavy (non-hydrogen) atoms. The zero-order chi connectivity index (χ0) is 14.6. The summed E-state index contributed by atoms with van der Waals surface area (Å²) in [7, 11) is -1.59. The van der Waals surface area contributed by atoms with Crippen LogP contribution in [0.3, 0.4) is 0 Å². The predicted octanol–water partition coefficient (Wildman–Crippen LogP) is 0.762. The first-order valence-corrected chi connectivity index (χ1v) is 8.50. The molecule has 1 saturated carbocycles. The van der Waals surface area contributed by atoms with Crippen LogP contribution in [0.5, 0.6) is 0 Å². The number of rotatable bonds is 9. The first kappa shape index (κ1) is 15.5. The molecule has 0 unspecified atom stereocenters. The molecular formula is C13H23N3O3S. The first-order valence-electron chi connectivity index (χ1n) is 7.01. The van der Waals surface area contributed by atoms with Gasteiger partial charge in [-0.1, -0.05) is 6.92 Å². The van der Waals surface area contributed by atoms with E-state index in [0.29, 0.717) is 31.4 Å². The van der Waals surface area contributed by atoms with Crippen LogP contribution in [0, 0.1) is 0 Å². The Morgan fingerprint density at radius 2 is 2.15 bits per heavy atom. The van der Waals surface area contributed by atoms with Crippen LogP contribution in [0.15, 0.2) is 21.6 Å². The Hall–Kier alpha value is -0.890. The number of furan rings is 1. The molecule has 1 aliphatic rings. The van der Waals surface area contributed by atoms with E-state index < -0.39 is 10.0 Å². The third kappa shape index (κ3) is 4.59. The maximum absolute atomic E-state index is 12.0. The quantitative estimate of drug-likeness (QED) is 0.704. The summed E-state index contributed by atoms with van der Waals surface area (Å²) in [5.74, 6) is 0.656. The van der Waals surface area contributed by atoms with E-state index in [1.165, 1.54) is 18.9 Å². The number of likely N-dealkylation sites (N-methyl/N-ethyl adjacent to an activating group) is 1. The van der Waals surface area contributed by atoms with Gasteiger partial charge in [-0.05, 0) is 38.6 Å². The maximum atomic E-state index is 12.0. The van der Waals surface area contributed by atoms with Gasteiger partial charge >= 0.3 is 0 Å². The van der Waals surface area contributed by atoms with Crippen molar-refractivity contribution in [3.8, 4) is 0 Å². The average molecular weight is 301 g/mol. The van der Waals surface area contributed by atoms with Crippen molar-refractivity contribution in [2.45, 2.75) is 37.4 Å². The fourth-order valence-corrected chi connectivity index (χ4v) is 2.70. The minimum absolute atomic E-state index is 0.00996. The molecule has 0 amide bonds. The van der Waals surface area contributed by atoms with Gasteiger partial charge in [0.05, 0.1) is 6.54 Å². The van der Waals surface area contributed by atoms with Gasteiger partial charge in [-0.2, -0.15) is 0 Å². The second-order valence-corrected chi connectivity index (χ2v) is 6.87. The summed E-state index contributed by atoms with van der Waals surface area (Å²) in [4.78, 5) is 2.04. The molecule has 1 aliphatic carbocycles. The van der Waals surface area contributed by atoms with Gasteiger partial charge in [0.15, 0.2) is 0 Å². The Morgan fingerprint density at radius 3 is 2.80 bits per heavy atom. The van der Waals surface area contributed by atoms with Crippen molar-refractivity contribution in [1.29, 1.82) is 0 Å². The molecular weight excluding hydrogens is 278 g/mol. The Bertz CT molecular complexity index is 523. The van der Waals surface area contributed by atoms with E-state index in [9.17, 15) is 8.42 Å². The monoisotopic (exact) mass is 301 g/mol. The number of nitrogens with zero attached hydrogens (tertiary/aromatic N) is 1. The van der Waals surface area contributed by atoms with Crippen molar-refractivity contribution >= 4 is 10.0 Å². The van der Waals surface area contributed by atoms with Crippen LogP contribution < -0.4 is 10.0 Å². The molecule has 0 aromatic carbocycles. The predicted molar refractivity (Wildman–Crippen MR) is 76.9 cm³/mol. The molecule has 1 fully saturated rings. The Balaban J connectivity index is 1.84. The van der Waals surface area contributed by atoms with Crippen LogP contribution >= 0.6 is 0 Å². The molecule has 0 spiro atoms. The van der Waals surface area contributed by atoms with E-state index in [-0.39, 0.29) is 5.09 Å². The van der Waals surface area contributed by atoms with Gasteiger partial charge in [-0.15, -0.1) is 0 Å². The lowest BCUT2D eigenvalue weighted by Gasteiger charge is -2.13. The molecule has 0 atom stereocenters. The number of nitrogens with one attached hydrogen (secondary N) is 2. The number of sulfonamides is 1. The van der Waals surface area contributed by atoms with Crippen LogP contribution in [-0.4, -0.2) is 46.0 Å². The van der Waals surface area contributed by atoms with Crippen LogP contribution in [0.4, 0.5) is 0 Å². The molecule has 1 heterocycles. The largest absolute Gasteiger partial charge is 0.447 e. The molecule has 6 nitrogen and oxygen atoms in total. The van der Waals surface area contributed by atoms with Crippen molar-refractivity contribution in [3.05, 3.63) is 17.9 Å². The first-order chi connectivity index (χ1) is 9.51. The molecule has 2 rings (SSSR count). The van der Waals surface area contributed by atoms with E-state index in [0.717, 1.165) is 6.54 Å². The lowest BCUT2D eigenvalue weighted by Crippen LogP contribution is -2.32. The molecule has 2 N–H and O–H groups in total. The smallest absolute Gasteiger partial charge is 0.274 e. The summed E-state index contributed by atoms with van der Waals surface area (Å²) in [6.45, 7) is 4.55. The molecule has 0 aliphatic heterocycles. The zero-order valence-corrected chi connectivity index (χ0v) is 12.9. The summed E-state index contributed by atoms with van der Waals surface area (Å²) in [6, 6.07) is 3.79. The van der Waals surface area contributed by atoms with Crippen LogP contribution in [0.2, 0.25) is 0 Å². The van der Waals surface area contributed by atoms with Gasteiger partial charge in [0.2, 0.25) is 5.09 Å². The maximum Gasteiger partial charge on any atom is 0.274 e. The highest BCUT2D eigenvalue weighted by Gasteiger charge is 2.22. The molecule has 7 heteroatoms. The third-order valence-corrected chi connectivity index (χ3v) is 4.70. The highest BCUT2D eigenvalue weighted by molar-refractivity contribution is 7.89. The van der Waals surface area contributed by atoms with Gasteiger partial charge in [-0.25, -0.2) is 13.1 Å². The highest BCUT2D eigenvalue weighted by Crippen LogP contribution is 2.20. The minimum Gasteiger partial charge on any atom is -0.447 e. The van der Waals surface area contributed by atoms with Gasteiger partial charge in [0, 0.05) is 19.1 Å². The van der Waals surface area contributed by atoms with Gasteiger partial charge in [0.25, 0.3) is 10.0 Å². The topological polar surface area (TPSA) is 74.6 Å². The molecule has 1 aromatic heterocycles. The van der Waals surface area contributed by atoms with Gasteiger partial charge in [-0.3, -0.25) is 0 Å². The molecule has 114 valence electrons. The summed E-state index contributed by atoms with van der Waals surface area (Å²) >= 11 is 0. The van der Waals surface area contributed by atoms with E-state index in [2.05, 4.69) is 10.0 Å². The van der Waals surface area contributed by atoms with E-state index in [1.54, 1.807) is 6.07 Å². The molecule has 0 radical (unpaired) electrons. The Morgan fingerprint density at radius 1 is 1.40 bits per heavy atom. The number of hydrogen-bond acceptors (Lipinski definition) is 5. The number of hydrogen-bond donors (Lipinski definition) is 2. The fourth-order valence-electron chi connectivity index (χ4n) is 1.73. The molecule has 0 saturated heterocycles. The SMILES string of the molecule is CCN(C)CCNS(=O)(=O)c1ccc(CNC2CC2)o1. The summed E-state index contributed by atoms with van der Waals surface area (Å²) < 4.78 is 32.0. The van der Waals surface area contributed by atoms with Crippen molar-refractivity contribution < 1.29 is 12.8 Å². The summed E-state index contributed by atoms with van der Waals surface area (Å²) in [5.41, 5.74) is 0. The summed E-state index contributed by atoms with van der Waals surface area (Å²) in [5, 5.41) is 3.28. The zero-order valence-electron chi connectivity index (χ0n) is 12.1. The second-order valence-electron chi connectivity index (χ2n) is 5.17. The second kappa shape index (κ2) is 6.71. The highest BCUT2D eigenvalue weighted by atomic mass is 32.2. The van der Waals surface area contributed by atoms with Crippen LogP contribution in [-0.2, 0) is 16.6 Å². The fraction of sp³-hybridized carbons (Fsp3) is 0.692. The van der Waals surface area contributed by atoms with Crippen LogP contribution in [0.25, 0.3) is 0 Å². The van der Waals surface area contributed by atoms with Crippen molar-refractivity contribution in [2.24, 2.45) is 0 Å². The van der Waals surface area contributed by atoms with Crippen LogP contribution in [0.1, 0.15) is 25.5 Å². The Labute approximate surface area is 120 Å². The van der Waals surface area contributed by atoms with Crippen molar-refractivity contribution in [3.63, 3.8) is 0 Å². The van der Waals surface area contributed by atoms with Crippen molar-refractivity contribution in [2.75, 3.05) is 26.7 Å².